The number of hydrogen-bond donors (Lipinski definition) is 2. The van der Waals surface area contributed by atoms with Crippen molar-refractivity contribution < 1.29 is 23.7 Å². The summed E-state index contributed by atoms with van der Waals surface area (Å²) in [5.74, 6) is -0.920. The Morgan fingerprint density at radius 2 is 1.91 bits per heavy atom. The molecule has 4 rings (SSSR count). The Kier molecular flexibility index (Phi) is 6.13. The molecule has 10 nitrogen and oxygen atoms in total. The first-order chi connectivity index (χ1) is 15.9. The maximum absolute atomic E-state index is 12.3. The molecule has 0 spiro atoms. The topological polar surface area (TPSA) is 137 Å². The van der Waals surface area contributed by atoms with E-state index in [9.17, 15) is 19.7 Å². The number of furan rings is 1. The van der Waals surface area contributed by atoms with Gasteiger partial charge in [-0.3, -0.25) is 25.0 Å². The number of nitrogens with zero attached hydrogens (tertiary/aromatic N) is 2. The first-order valence-electron chi connectivity index (χ1n) is 9.50. The van der Waals surface area contributed by atoms with Crippen LogP contribution in [0.1, 0.15) is 16.1 Å². The summed E-state index contributed by atoms with van der Waals surface area (Å²) >= 11 is 1.24. The van der Waals surface area contributed by atoms with Crippen LogP contribution in [0, 0.1) is 10.1 Å². The van der Waals surface area contributed by atoms with E-state index in [4.69, 9.17) is 9.15 Å². The minimum Gasteiger partial charge on any atom is -0.497 e. The van der Waals surface area contributed by atoms with E-state index in [-0.39, 0.29) is 11.7 Å². The van der Waals surface area contributed by atoms with Gasteiger partial charge in [-0.05, 0) is 48.0 Å². The van der Waals surface area contributed by atoms with Gasteiger partial charge in [-0.15, -0.1) is 0 Å². The minimum absolute atomic E-state index is 0.178. The third-order valence-corrected chi connectivity index (χ3v) is 5.35. The SMILES string of the molecule is COc1ccc(/C=C/C(=O)Nc2nc3ccc(NC(=O)c4ccc([N+](=O)[O-])o4)cc3s2)cc1. The molecule has 2 aromatic heterocycles. The van der Waals surface area contributed by atoms with E-state index >= 15 is 0 Å². The Labute approximate surface area is 190 Å². The van der Waals surface area contributed by atoms with Crippen molar-refractivity contribution >= 4 is 56.1 Å². The molecule has 0 aliphatic carbocycles. The number of ether oxygens (including phenoxy) is 1. The standard InChI is InChI=1S/C22H16N4O6S/c1-31-15-6-2-13(3-7-15)4-10-19(27)25-22-24-16-8-5-14(12-18(16)33-22)23-21(28)17-9-11-20(32-17)26(29)30/h2-12H,1H3,(H,23,28)(H,24,25,27)/b10-4+. The molecule has 33 heavy (non-hydrogen) atoms. The van der Waals surface area contributed by atoms with E-state index in [0.29, 0.717) is 16.3 Å². The van der Waals surface area contributed by atoms with Gasteiger partial charge in [0.2, 0.25) is 5.91 Å². The molecule has 0 radical (unpaired) electrons. The number of nitro groups is 1. The van der Waals surface area contributed by atoms with Crippen molar-refractivity contribution in [2.75, 3.05) is 17.7 Å². The number of rotatable bonds is 7. The lowest BCUT2D eigenvalue weighted by molar-refractivity contribution is -0.402. The second-order valence-corrected chi connectivity index (χ2v) is 7.68. The average Bonchev–Trinajstić information content (AvgIpc) is 3.45. The van der Waals surface area contributed by atoms with Gasteiger partial charge in [0.15, 0.2) is 10.9 Å². The van der Waals surface area contributed by atoms with Crippen LogP contribution < -0.4 is 15.4 Å². The number of hydrogen-bond acceptors (Lipinski definition) is 8. The highest BCUT2D eigenvalue weighted by Gasteiger charge is 2.17. The average molecular weight is 464 g/mol. The van der Waals surface area contributed by atoms with Crippen LogP contribution in [0.2, 0.25) is 0 Å². The van der Waals surface area contributed by atoms with Crippen molar-refractivity contribution in [3.05, 3.63) is 82.1 Å². The molecular weight excluding hydrogens is 448 g/mol. The molecule has 2 amide bonds. The van der Waals surface area contributed by atoms with Crippen molar-refractivity contribution in [2.24, 2.45) is 0 Å². The Balaban J connectivity index is 1.41. The molecule has 11 heteroatoms. The zero-order valence-corrected chi connectivity index (χ0v) is 17.9. The summed E-state index contributed by atoms with van der Waals surface area (Å²) in [5, 5.41) is 16.4. The van der Waals surface area contributed by atoms with Gasteiger partial charge in [0.25, 0.3) is 5.91 Å². The number of anilines is 2. The van der Waals surface area contributed by atoms with Gasteiger partial charge in [-0.25, -0.2) is 4.98 Å². The van der Waals surface area contributed by atoms with Gasteiger partial charge in [0.1, 0.15) is 10.7 Å². The summed E-state index contributed by atoms with van der Waals surface area (Å²) in [6.45, 7) is 0. The van der Waals surface area contributed by atoms with Crippen molar-refractivity contribution in [1.29, 1.82) is 0 Å². The number of thiazole rings is 1. The van der Waals surface area contributed by atoms with Crippen LogP contribution >= 0.6 is 11.3 Å². The van der Waals surface area contributed by atoms with E-state index in [1.54, 1.807) is 43.5 Å². The van der Waals surface area contributed by atoms with Crippen molar-refractivity contribution in [1.82, 2.24) is 4.98 Å². The number of nitrogens with one attached hydrogen (secondary N) is 2. The van der Waals surface area contributed by atoms with Crippen LogP contribution in [0.5, 0.6) is 5.75 Å². The number of amides is 2. The number of carbonyl (C=O) groups excluding carboxylic acids is 2. The molecule has 2 aromatic carbocycles. The molecular formula is C22H16N4O6S. The summed E-state index contributed by atoms with van der Waals surface area (Å²) < 4.78 is 10.7. The van der Waals surface area contributed by atoms with E-state index in [0.717, 1.165) is 22.1 Å². The van der Waals surface area contributed by atoms with Crippen LogP contribution in [-0.2, 0) is 4.79 Å². The summed E-state index contributed by atoms with van der Waals surface area (Å²) in [6, 6.07) is 14.6. The lowest BCUT2D eigenvalue weighted by atomic mass is 10.2. The third kappa shape index (κ3) is 5.22. The van der Waals surface area contributed by atoms with Crippen LogP contribution in [0.4, 0.5) is 16.7 Å². The molecule has 0 unspecified atom stereocenters. The van der Waals surface area contributed by atoms with Crippen LogP contribution in [-0.4, -0.2) is 28.8 Å². The van der Waals surface area contributed by atoms with Gasteiger partial charge in [-0.2, -0.15) is 0 Å². The quantitative estimate of drug-likeness (QED) is 0.230. The maximum atomic E-state index is 12.3. The number of methoxy groups -OCH3 is 1. The van der Waals surface area contributed by atoms with Crippen LogP contribution in [0.15, 0.2) is 65.1 Å². The zero-order chi connectivity index (χ0) is 23.4. The smallest absolute Gasteiger partial charge is 0.433 e. The van der Waals surface area contributed by atoms with Crippen LogP contribution in [0.25, 0.3) is 16.3 Å². The monoisotopic (exact) mass is 464 g/mol. The molecule has 0 saturated heterocycles. The van der Waals surface area contributed by atoms with E-state index < -0.39 is 16.7 Å². The molecule has 0 fully saturated rings. The highest BCUT2D eigenvalue weighted by atomic mass is 32.1. The number of aromatic nitrogens is 1. The Hall–Kier alpha value is -4.51. The van der Waals surface area contributed by atoms with Gasteiger partial charge in [0.05, 0.1) is 23.4 Å². The predicted octanol–water partition coefficient (Wildman–Crippen LogP) is 4.71. The maximum Gasteiger partial charge on any atom is 0.433 e. The molecule has 166 valence electrons. The second-order valence-electron chi connectivity index (χ2n) is 6.65. The predicted molar refractivity (Wildman–Crippen MR) is 124 cm³/mol. The fourth-order valence-electron chi connectivity index (χ4n) is 2.83. The zero-order valence-electron chi connectivity index (χ0n) is 17.1. The van der Waals surface area contributed by atoms with Crippen molar-refractivity contribution in [3.63, 3.8) is 0 Å². The highest BCUT2D eigenvalue weighted by Crippen LogP contribution is 2.29. The fraction of sp³-hybridized carbons (Fsp3) is 0.0455. The minimum atomic E-state index is -0.720. The summed E-state index contributed by atoms with van der Waals surface area (Å²) in [4.78, 5) is 38.8. The fourth-order valence-corrected chi connectivity index (χ4v) is 3.74. The Morgan fingerprint density at radius 1 is 1.12 bits per heavy atom. The normalized spacial score (nSPS) is 10.9. The molecule has 2 N–H and O–H groups in total. The Morgan fingerprint density at radius 3 is 2.61 bits per heavy atom. The molecule has 0 saturated carbocycles. The van der Waals surface area contributed by atoms with Crippen molar-refractivity contribution in [2.45, 2.75) is 0 Å². The van der Waals surface area contributed by atoms with Gasteiger partial charge in [0, 0.05) is 11.8 Å². The second kappa shape index (κ2) is 9.32. The molecule has 4 aromatic rings. The van der Waals surface area contributed by atoms with E-state index in [1.807, 2.05) is 12.1 Å². The van der Waals surface area contributed by atoms with Gasteiger partial charge in [-0.1, -0.05) is 23.5 Å². The van der Waals surface area contributed by atoms with Crippen molar-refractivity contribution in [3.8, 4) is 5.75 Å². The summed E-state index contributed by atoms with van der Waals surface area (Å²) in [5.41, 5.74) is 1.94. The number of benzene rings is 2. The molecule has 2 heterocycles. The first-order valence-corrected chi connectivity index (χ1v) is 10.3. The molecule has 0 aliphatic heterocycles. The summed E-state index contributed by atoms with van der Waals surface area (Å²) in [6.07, 6.45) is 3.08. The molecule has 0 aliphatic rings. The van der Waals surface area contributed by atoms with Gasteiger partial charge >= 0.3 is 5.88 Å². The van der Waals surface area contributed by atoms with E-state index in [1.165, 1.54) is 23.5 Å². The highest BCUT2D eigenvalue weighted by molar-refractivity contribution is 7.22. The van der Waals surface area contributed by atoms with Gasteiger partial charge < -0.3 is 14.5 Å². The van der Waals surface area contributed by atoms with E-state index in [2.05, 4.69) is 15.6 Å². The number of carbonyl (C=O) groups is 2. The lowest BCUT2D eigenvalue weighted by Crippen LogP contribution is -2.10. The summed E-state index contributed by atoms with van der Waals surface area (Å²) in [7, 11) is 1.58. The lowest BCUT2D eigenvalue weighted by Gasteiger charge is -2.02. The third-order valence-electron chi connectivity index (χ3n) is 4.41. The Bertz CT molecular complexity index is 1370. The number of fused-ring (bicyclic) bond motifs is 1. The largest absolute Gasteiger partial charge is 0.497 e. The molecule has 0 atom stereocenters. The molecule has 0 bridgehead atoms. The first kappa shape index (κ1) is 21.7. The van der Waals surface area contributed by atoms with Crippen LogP contribution in [0.3, 0.4) is 0 Å².